The average molecular weight is 280 g/mol. The van der Waals surface area contributed by atoms with Crippen LogP contribution >= 0.6 is 0 Å². The van der Waals surface area contributed by atoms with Crippen molar-refractivity contribution >= 4 is 0 Å². The smallest absolute Gasteiger partial charge is 0.133 e. The fraction of sp³-hybridized carbons (Fsp3) is 0.750. The summed E-state index contributed by atoms with van der Waals surface area (Å²) in [5.41, 5.74) is 1.31. The molecule has 114 valence electrons. The normalized spacial score (nSPS) is 16.9. The Labute approximate surface area is 122 Å². The minimum absolute atomic E-state index is 0.116. The first kappa shape index (κ1) is 15.5. The SMILES string of the molecule is CC(C)(C)NCc1ccoc1COCCN1CCCC1. The number of hydrogen-bond acceptors (Lipinski definition) is 4. The van der Waals surface area contributed by atoms with E-state index < -0.39 is 0 Å². The van der Waals surface area contributed by atoms with Crippen LogP contribution in [-0.4, -0.2) is 36.7 Å². The van der Waals surface area contributed by atoms with Gasteiger partial charge in [0.1, 0.15) is 12.4 Å². The first-order valence-electron chi connectivity index (χ1n) is 7.65. The van der Waals surface area contributed by atoms with E-state index >= 15 is 0 Å². The quantitative estimate of drug-likeness (QED) is 0.779. The van der Waals surface area contributed by atoms with Crippen molar-refractivity contribution in [2.45, 2.75) is 52.3 Å². The molecular formula is C16H28N2O2. The Balaban J connectivity index is 1.68. The lowest BCUT2D eigenvalue weighted by Crippen LogP contribution is -2.35. The summed E-state index contributed by atoms with van der Waals surface area (Å²) >= 11 is 0. The van der Waals surface area contributed by atoms with Crippen LogP contribution in [0.3, 0.4) is 0 Å². The van der Waals surface area contributed by atoms with E-state index in [1.165, 1.54) is 31.5 Å². The Morgan fingerprint density at radius 3 is 2.75 bits per heavy atom. The first-order chi connectivity index (χ1) is 9.54. The lowest BCUT2D eigenvalue weighted by atomic mass is 10.1. The maximum Gasteiger partial charge on any atom is 0.133 e. The third-order valence-corrected chi connectivity index (χ3v) is 3.63. The van der Waals surface area contributed by atoms with E-state index in [9.17, 15) is 0 Å². The summed E-state index contributed by atoms with van der Waals surface area (Å²) in [7, 11) is 0. The molecule has 0 spiro atoms. The molecule has 1 fully saturated rings. The predicted molar refractivity (Wildman–Crippen MR) is 80.6 cm³/mol. The zero-order chi connectivity index (χ0) is 14.4. The molecule has 1 N–H and O–H groups in total. The third kappa shape index (κ3) is 5.27. The van der Waals surface area contributed by atoms with Gasteiger partial charge in [0.15, 0.2) is 0 Å². The van der Waals surface area contributed by atoms with Gasteiger partial charge in [-0.15, -0.1) is 0 Å². The summed E-state index contributed by atoms with van der Waals surface area (Å²) in [6.45, 7) is 12.2. The summed E-state index contributed by atoms with van der Waals surface area (Å²) < 4.78 is 11.3. The summed E-state index contributed by atoms with van der Waals surface area (Å²) in [6.07, 6.45) is 4.42. The van der Waals surface area contributed by atoms with Crippen molar-refractivity contribution in [3.05, 3.63) is 23.7 Å². The van der Waals surface area contributed by atoms with Crippen LogP contribution in [0.5, 0.6) is 0 Å². The molecule has 1 aliphatic rings. The number of hydrogen-bond donors (Lipinski definition) is 1. The second-order valence-electron chi connectivity index (χ2n) is 6.57. The molecule has 0 atom stereocenters. The molecule has 0 aromatic carbocycles. The van der Waals surface area contributed by atoms with Gasteiger partial charge in [-0.1, -0.05) is 0 Å². The fourth-order valence-corrected chi connectivity index (χ4v) is 2.38. The lowest BCUT2D eigenvalue weighted by molar-refractivity contribution is 0.0867. The molecular weight excluding hydrogens is 252 g/mol. The molecule has 0 saturated carbocycles. The molecule has 0 amide bonds. The zero-order valence-electron chi connectivity index (χ0n) is 13.1. The van der Waals surface area contributed by atoms with Crippen LogP contribution < -0.4 is 5.32 Å². The van der Waals surface area contributed by atoms with Crippen molar-refractivity contribution in [2.75, 3.05) is 26.2 Å². The van der Waals surface area contributed by atoms with E-state index in [1.807, 2.05) is 6.07 Å². The van der Waals surface area contributed by atoms with Gasteiger partial charge in [0, 0.05) is 24.2 Å². The van der Waals surface area contributed by atoms with Crippen LogP contribution in [-0.2, 0) is 17.9 Å². The highest BCUT2D eigenvalue weighted by molar-refractivity contribution is 5.16. The number of likely N-dealkylation sites (tertiary alicyclic amines) is 1. The second kappa shape index (κ2) is 7.25. The molecule has 1 aromatic rings. The largest absolute Gasteiger partial charge is 0.467 e. The zero-order valence-corrected chi connectivity index (χ0v) is 13.1. The molecule has 1 aliphatic heterocycles. The van der Waals surface area contributed by atoms with Crippen LogP contribution in [0.25, 0.3) is 0 Å². The van der Waals surface area contributed by atoms with Crippen LogP contribution in [0.4, 0.5) is 0 Å². The highest BCUT2D eigenvalue weighted by Gasteiger charge is 2.13. The van der Waals surface area contributed by atoms with Crippen LogP contribution in [0.2, 0.25) is 0 Å². The highest BCUT2D eigenvalue weighted by atomic mass is 16.5. The topological polar surface area (TPSA) is 37.6 Å². The van der Waals surface area contributed by atoms with Gasteiger partial charge in [0.25, 0.3) is 0 Å². The van der Waals surface area contributed by atoms with Crippen LogP contribution in [0.1, 0.15) is 44.9 Å². The summed E-state index contributed by atoms with van der Waals surface area (Å²) in [6, 6.07) is 2.03. The molecule has 2 rings (SSSR count). The molecule has 0 radical (unpaired) electrons. The Hall–Kier alpha value is -0.840. The van der Waals surface area contributed by atoms with Gasteiger partial charge in [-0.3, -0.25) is 0 Å². The molecule has 0 unspecified atom stereocenters. The van der Waals surface area contributed by atoms with Gasteiger partial charge in [-0.25, -0.2) is 0 Å². The fourth-order valence-electron chi connectivity index (χ4n) is 2.38. The van der Waals surface area contributed by atoms with Gasteiger partial charge in [-0.2, -0.15) is 0 Å². The van der Waals surface area contributed by atoms with E-state index in [2.05, 4.69) is 31.0 Å². The van der Waals surface area contributed by atoms with Crippen molar-refractivity contribution in [2.24, 2.45) is 0 Å². The van der Waals surface area contributed by atoms with Crippen molar-refractivity contribution in [1.82, 2.24) is 10.2 Å². The van der Waals surface area contributed by atoms with E-state index in [1.54, 1.807) is 6.26 Å². The Morgan fingerprint density at radius 2 is 2.05 bits per heavy atom. The molecule has 0 bridgehead atoms. The predicted octanol–water partition coefficient (Wildman–Crippen LogP) is 2.78. The number of ether oxygens (including phenoxy) is 1. The second-order valence-corrected chi connectivity index (χ2v) is 6.57. The number of nitrogens with one attached hydrogen (secondary N) is 1. The van der Waals surface area contributed by atoms with Gasteiger partial charge < -0.3 is 19.4 Å². The summed E-state index contributed by atoms with van der Waals surface area (Å²) in [5, 5.41) is 3.48. The van der Waals surface area contributed by atoms with Crippen LogP contribution in [0, 0.1) is 0 Å². The highest BCUT2D eigenvalue weighted by Crippen LogP contribution is 2.13. The molecule has 4 heteroatoms. The molecule has 2 heterocycles. The molecule has 0 aliphatic carbocycles. The number of furan rings is 1. The van der Waals surface area contributed by atoms with Gasteiger partial charge in [0.05, 0.1) is 12.9 Å². The molecule has 20 heavy (non-hydrogen) atoms. The van der Waals surface area contributed by atoms with Gasteiger partial charge >= 0.3 is 0 Å². The van der Waals surface area contributed by atoms with E-state index in [4.69, 9.17) is 9.15 Å². The van der Waals surface area contributed by atoms with Crippen molar-refractivity contribution < 1.29 is 9.15 Å². The van der Waals surface area contributed by atoms with E-state index in [-0.39, 0.29) is 5.54 Å². The van der Waals surface area contributed by atoms with Crippen molar-refractivity contribution in [3.8, 4) is 0 Å². The van der Waals surface area contributed by atoms with E-state index in [0.29, 0.717) is 6.61 Å². The standard InChI is InChI=1S/C16H28N2O2/c1-16(2,3)17-12-14-6-10-20-15(14)13-19-11-9-18-7-4-5-8-18/h6,10,17H,4-5,7-9,11-13H2,1-3H3. The molecule has 4 nitrogen and oxygen atoms in total. The number of rotatable bonds is 7. The maximum atomic E-state index is 5.75. The minimum atomic E-state index is 0.116. The monoisotopic (exact) mass is 280 g/mol. The van der Waals surface area contributed by atoms with E-state index in [0.717, 1.165) is 25.5 Å². The maximum absolute atomic E-state index is 5.75. The lowest BCUT2D eigenvalue weighted by Gasteiger charge is -2.20. The average Bonchev–Trinajstić information content (AvgIpc) is 3.03. The van der Waals surface area contributed by atoms with Crippen molar-refractivity contribution in [1.29, 1.82) is 0 Å². The Kier molecular flexibility index (Phi) is 5.64. The van der Waals surface area contributed by atoms with Gasteiger partial charge in [-0.05, 0) is 52.8 Å². The van der Waals surface area contributed by atoms with Gasteiger partial charge in [0.2, 0.25) is 0 Å². The Morgan fingerprint density at radius 1 is 1.30 bits per heavy atom. The molecule has 1 saturated heterocycles. The van der Waals surface area contributed by atoms with Crippen LogP contribution in [0.15, 0.2) is 16.7 Å². The first-order valence-corrected chi connectivity index (χ1v) is 7.65. The minimum Gasteiger partial charge on any atom is -0.467 e. The third-order valence-electron chi connectivity index (χ3n) is 3.63. The Bertz CT molecular complexity index is 389. The van der Waals surface area contributed by atoms with Crippen molar-refractivity contribution in [3.63, 3.8) is 0 Å². The summed E-state index contributed by atoms with van der Waals surface area (Å²) in [5.74, 6) is 0.947. The molecule has 1 aromatic heterocycles. The summed E-state index contributed by atoms with van der Waals surface area (Å²) in [4.78, 5) is 2.46. The number of nitrogens with zero attached hydrogens (tertiary/aromatic N) is 1.